The van der Waals surface area contributed by atoms with Gasteiger partial charge >= 0.3 is 0 Å². The van der Waals surface area contributed by atoms with Crippen LogP contribution in [-0.4, -0.2) is 21.9 Å². The highest BCUT2D eigenvalue weighted by molar-refractivity contribution is 5.28. The van der Waals surface area contributed by atoms with Crippen molar-refractivity contribution in [2.75, 3.05) is 0 Å². The molecule has 0 spiro atoms. The van der Waals surface area contributed by atoms with Crippen LogP contribution in [0.1, 0.15) is 120 Å². The maximum absolute atomic E-state index is 10.1. The van der Waals surface area contributed by atoms with Gasteiger partial charge in [0.1, 0.15) is 0 Å². The molecule has 0 bridgehead atoms. The summed E-state index contributed by atoms with van der Waals surface area (Å²) in [5, 5.41) is 20.1. The van der Waals surface area contributed by atoms with Gasteiger partial charge in [0.05, 0.1) is 11.7 Å². The number of aliphatic hydroxyl groups excluding tert-OH is 1. The number of fused-ring (bicyclic) bond motifs is 1. The first-order valence-electron chi connectivity index (χ1n) is 13.1. The predicted molar refractivity (Wildman–Crippen MR) is 141 cm³/mol. The lowest BCUT2D eigenvalue weighted by Crippen LogP contribution is -2.36. The summed E-state index contributed by atoms with van der Waals surface area (Å²) in [6.07, 6.45) is 17.1. The highest BCUT2D eigenvalue weighted by atomic mass is 16.3. The molecule has 0 amide bonds. The molecule has 3 fully saturated rings. The summed E-state index contributed by atoms with van der Waals surface area (Å²) in [5.74, 6) is 2.29. The van der Waals surface area contributed by atoms with Gasteiger partial charge in [-0.1, -0.05) is 77.8 Å². The third-order valence-corrected chi connectivity index (χ3v) is 8.40. The standard InChI is InChI=1S/C27H44O2.C2H6.CH4/c1-19(8-6-16-26(3,4)29)23-14-15-24-22(9-7-17-27(23,24)5)13-12-21-11-10-20(2)25(28)18-21;1-2;/h12-13,19,23-25,28-29H,2,6-11,14-18H2,1,3-5H3;1-2H3;1H4/b21-12-,22-13+;;/t19-,23?,24?,25+,27+;;/m0../s1. The Bertz CT molecular complexity index is 650. The first kappa shape index (κ1) is 29.2. The first-order valence-corrected chi connectivity index (χ1v) is 13.1. The molecule has 0 aromatic heterocycles. The summed E-state index contributed by atoms with van der Waals surface area (Å²) in [7, 11) is 0. The number of allylic oxidation sites excluding steroid dienone is 3. The molecule has 186 valence electrons. The summed E-state index contributed by atoms with van der Waals surface area (Å²) in [5.41, 5.74) is 3.96. The molecule has 0 radical (unpaired) electrons. The van der Waals surface area contributed by atoms with Gasteiger partial charge in [-0.25, -0.2) is 0 Å². The van der Waals surface area contributed by atoms with Crippen LogP contribution in [0.3, 0.4) is 0 Å². The molecule has 0 aliphatic heterocycles. The zero-order valence-electron chi connectivity index (χ0n) is 21.3. The Morgan fingerprint density at radius 1 is 1.16 bits per heavy atom. The molecule has 3 aliphatic carbocycles. The van der Waals surface area contributed by atoms with Crippen LogP contribution in [0.25, 0.3) is 0 Å². The molecule has 2 heteroatoms. The van der Waals surface area contributed by atoms with Gasteiger partial charge in [0.25, 0.3) is 0 Å². The van der Waals surface area contributed by atoms with E-state index in [1.807, 2.05) is 27.7 Å². The van der Waals surface area contributed by atoms with Crippen LogP contribution in [0.2, 0.25) is 0 Å². The molecule has 0 heterocycles. The van der Waals surface area contributed by atoms with Crippen LogP contribution in [0, 0.1) is 23.2 Å². The third kappa shape index (κ3) is 7.32. The Kier molecular flexibility index (Phi) is 11.5. The van der Waals surface area contributed by atoms with E-state index in [-0.39, 0.29) is 13.5 Å². The number of rotatable bonds is 6. The van der Waals surface area contributed by atoms with Crippen molar-refractivity contribution in [3.05, 3.63) is 35.5 Å². The molecular weight excluding hydrogens is 392 g/mol. The smallest absolute Gasteiger partial charge is 0.0784 e. The van der Waals surface area contributed by atoms with E-state index in [1.165, 1.54) is 44.1 Å². The Morgan fingerprint density at radius 3 is 2.47 bits per heavy atom. The normalized spacial score (nSPS) is 33.9. The number of aliphatic hydroxyl groups is 2. The minimum Gasteiger partial charge on any atom is -0.390 e. The number of hydrogen-bond donors (Lipinski definition) is 2. The molecule has 0 aromatic rings. The van der Waals surface area contributed by atoms with Gasteiger partial charge in [-0.2, -0.15) is 0 Å². The molecular formula is C30H54O2. The van der Waals surface area contributed by atoms with Gasteiger partial charge in [-0.3, -0.25) is 0 Å². The van der Waals surface area contributed by atoms with Crippen LogP contribution < -0.4 is 0 Å². The maximum atomic E-state index is 10.1. The van der Waals surface area contributed by atoms with Crippen LogP contribution >= 0.6 is 0 Å². The van der Waals surface area contributed by atoms with Gasteiger partial charge in [0, 0.05) is 0 Å². The molecule has 3 rings (SSSR count). The van der Waals surface area contributed by atoms with Gasteiger partial charge < -0.3 is 10.2 Å². The molecule has 3 aliphatic rings. The summed E-state index contributed by atoms with van der Waals surface area (Å²) >= 11 is 0. The molecule has 2 unspecified atom stereocenters. The van der Waals surface area contributed by atoms with Crippen LogP contribution in [0.5, 0.6) is 0 Å². The Hall–Kier alpha value is -0.860. The fraction of sp³-hybridized carbons (Fsp3) is 0.800. The molecule has 5 atom stereocenters. The van der Waals surface area contributed by atoms with Crippen molar-refractivity contribution in [2.24, 2.45) is 23.2 Å². The van der Waals surface area contributed by atoms with Gasteiger partial charge in [0.2, 0.25) is 0 Å². The Balaban J connectivity index is 0.00000166. The lowest BCUT2D eigenvalue weighted by atomic mass is 9.60. The number of hydrogen-bond acceptors (Lipinski definition) is 2. The fourth-order valence-corrected chi connectivity index (χ4v) is 6.63. The molecule has 0 aromatic carbocycles. The van der Waals surface area contributed by atoms with Crippen LogP contribution in [0.4, 0.5) is 0 Å². The topological polar surface area (TPSA) is 40.5 Å². The SMILES string of the molecule is C.C=C1CC/C(=C/C=C2\CCC[C@@]3(C)C2CCC3[C@@H](C)CCCC(C)(C)O)C[C@H]1O.CC. The second-order valence-corrected chi connectivity index (χ2v) is 11.2. The summed E-state index contributed by atoms with van der Waals surface area (Å²) < 4.78 is 0. The lowest BCUT2D eigenvalue weighted by molar-refractivity contribution is 0.0596. The molecule has 0 saturated heterocycles. The van der Waals surface area contributed by atoms with E-state index in [0.29, 0.717) is 5.41 Å². The van der Waals surface area contributed by atoms with Crippen molar-refractivity contribution in [2.45, 2.75) is 131 Å². The van der Waals surface area contributed by atoms with Crippen molar-refractivity contribution in [3.63, 3.8) is 0 Å². The van der Waals surface area contributed by atoms with Crippen molar-refractivity contribution in [3.8, 4) is 0 Å². The first-order chi connectivity index (χ1) is 14.6. The molecule has 2 N–H and O–H groups in total. The Labute approximate surface area is 200 Å². The highest BCUT2D eigenvalue weighted by Gasteiger charge is 2.50. The van der Waals surface area contributed by atoms with Crippen molar-refractivity contribution in [1.29, 1.82) is 0 Å². The molecule has 2 nitrogen and oxygen atoms in total. The molecule has 3 saturated carbocycles. The molecule has 32 heavy (non-hydrogen) atoms. The minimum absolute atomic E-state index is 0. The zero-order chi connectivity index (χ0) is 23.2. The average Bonchev–Trinajstić information content (AvgIpc) is 3.07. The van der Waals surface area contributed by atoms with Crippen molar-refractivity contribution < 1.29 is 10.2 Å². The largest absolute Gasteiger partial charge is 0.390 e. The van der Waals surface area contributed by atoms with Crippen LogP contribution in [-0.2, 0) is 0 Å². The van der Waals surface area contributed by atoms with Crippen LogP contribution in [0.15, 0.2) is 35.5 Å². The highest BCUT2D eigenvalue weighted by Crippen LogP contribution is 2.59. The summed E-state index contributed by atoms with van der Waals surface area (Å²) in [6, 6.07) is 0. The average molecular weight is 447 g/mol. The predicted octanol–water partition coefficient (Wildman–Crippen LogP) is 8.40. The quantitative estimate of drug-likeness (QED) is 0.402. The van der Waals surface area contributed by atoms with E-state index in [4.69, 9.17) is 0 Å². The fourth-order valence-electron chi connectivity index (χ4n) is 6.63. The lowest BCUT2D eigenvalue weighted by Gasteiger charge is -2.44. The van der Waals surface area contributed by atoms with E-state index < -0.39 is 5.60 Å². The zero-order valence-corrected chi connectivity index (χ0v) is 21.3. The summed E-state index contributed by atoms with van der Waals surface area (Å²) in [6.45, 7) is 16.9. The van der Waals surface area contributed by atoms with E-state index >= 15 is 0 Å². The summed E-state index contributed by atoms with van der Waals surface area (Å²) in [4.78, 5) is 0. The van der Waals surface area contributed by atoms with E-state index in [0.717, 1.165) is 55.4 Å². The second-order valence-electron chi connectivity index (χ2n) is 11.2. The Morgan fingerprint density at radius 2 is 1.84 bits per heavy atom. The van der Waals surface area contributed by atoms with Crippen molar-refractivity contribution >= 4 is 0 Å². The minimum atomic E-state index is -0.533. The van der Waals surface area contributed by atoms with Crippen molar-refractivity contribution in [1.82, 2.24) is 0 Å². The van der Waals surface area contributed by atoms with E-state index in [1.54, 1.807) is 5.57 Å². The van der Waals surface area contributed by atoms with Gasteiger partial charge in [-0.15, -0.1) is 0 Å². The van der Waals surface area contributed by atoms with E-state index in [2.05, 4.69) is 32.6 Å². The van der Waals surface area contributed by atoms with Gasteiger partial charge in [-0.05, 0) is 100 Å². The third-order valence-electron chi connectivity index (χ3n) is 8.40. The van der Waals surface area contributed by atoms with E-state index in [9.17, 15) is 10.2 Å². The second kappa shape index (κ2) is 12.6. The maximum Gasteiger partial charge on any atom is 0.0784 e. The van der Waals surface area contributed by atoms with Gasteiger partial charge in [0.15, 0.2) is 0 Å². The monoisotopic (exact) mass is 446 g/mol.